The molecule has 0 radical (unpaired) electrons. The summed E-state index contributed by atoms with van der Waals surface area (Å²) in [6.07, 6.45) is 8.67. The minimum absolute atomic E-state index is 0.0913. The van der Waals surface area contributed by atoms with Crippen molar-refractivity contribution in [2.24, 2.45) is 0 Å². The molecule has 1 heterocycles. The van der Waals surface area contributed by atoms with E-state index < -0.39 is 0 Å². The van der Waals surface area contributed by atoms with Crippen LogP contribution in [0.25, 0.3) is 0 Å². The highest BCUT2D eigenvalue weighted by atomic mass is 16.5. The molecular weight excluding hydrogens is 226 g/mol. The molecule has 0 bridgehead atoms. The highest BCUT2D eigenvalue weighted by Crippen LogP contribution is 2.11. The van der Waals surface area contributed by atoms with Gasteiger partial charge in [0.25, 0.3) is 0 Å². The molecular formula is C15H21NO2. The lowest BCUT2D eigenvalue weighted by atomic mass is 10.2. The fraction of sp³-hybridized carbons (Fsp3) is 0.533. The van der Waals surface area contributed by atoms with Gasteiger partial charge in [0.1, 0.15) is 5.75 Å². The van der Waals surface area contributed by atoms with Crippen LogP contribution in [0.3, 0.4) is 0 Å². The molecule has 3 nitrogen and oxygen atoms in total. The number of hydrogen-bond acceptors (Lipinski definition) is 3. The van der Waals surface area contributed by atoms with Crippen LogP contribution in [-0.4, -0.2) is 23.3 Å². The van der Waals surface area contributed by atoms with Gasteiger partial charge >= 0.3 is 0 Å². The zero-order valence-corrected chi connectivity index (χ0v) is 11.0. The van der Waals surface area contributed by atoms with Gasteiger partial charge in [-0.15, -0.1) is 0 Å². The second kappa shape index (κ2) is 9.49. The van der Waals surface area contributed by atoms with E-state index in [0.29, 0.717) is 6.42 Å². The summed E-state index contributed by atoms with van der Waals surface area (Å²) in [5, 5.41) is 8.64. The Balaban J connectivity index is 2.38. The summed E-state index contributed by atoms with van der Waals surface area (Å²) >= 11 is 0. The highest BCUT2D eigenvalue weighted by Gasteiger charge is 1.96. The van der Waals surface area contributed by atoms with Gasteiger partial charge in [-0.2, -0.15) is 0 Å². The van der Waals surface area contributed by atoms with Crippen molar-refractivity contribution in [2.45, 2.75) is 39.0 Å². The van der Waals surface area contributed by atoms with Crippen LogP contribution in [0.15, 0.2) is 18.5 Å². The molecule has 0 saturated carbocycles. The smallest absolute Gasteiger partial charge is 0.138 e. The summed E-state index contributed by atoms with van der Waals surface area (Å²) in [5.74, 6) is 6.58. The van der Waals surface area contributed by atoms with Crippen LogP contribution >= 0.6 is 0 Å². The molecule has 0 spiro atoms. The maximum atomic E-state index is 8.64. The number of nitrogens with zero attached hydrogens (tertiary/aromatic N) is 1. The van der Waals surface area contributed by atoms with E-state index in [4.69, 9.17) is 9.84 Å². The summed E-state index contributed by atoms with van der Waals surface area (Å²) in [6, 6.07) is 1.89. The number of hydrogen-bond donors (Lipinski definition) is 1. The summed E-state index contributed by atoms with van der Waals surface area (Å²) in [7, 11) is 0. The number of aliphatic hydroxyl groups is 1. The van der Waals surface area contributed by atoms with E-state index in [-0.39, 0.29) is 6.61 Å². The van der Waals surface area contributed by atoms with Crippen molar-refractivity contribution in [3.05, 3.63) is 24.0 Å². The third kappa shape index (κ3) is 6.27. The van der Waals surface area contributed by atoms with Crippen molar-refractivity contribution < 1.29 is 9.84 Å². The first kappa shape index (κ1) is 14.5. The largest absolute Gasteiger partial charge is 0.492 e. The van der Waals surface area contributed by atoms with Gasteiger partial charge in [-0.05, 0) is 12.5 Å². The number of unbranched alkanes of at least 4 members (excludes halogenated alkanes) is 3. The maximum absolute atomic E-state index is 8.64. The average Bonchev–Trinajstić information content (AvgIpc) is 2.39. The van der Waals surface area contributed by atoms with Crippen molar-refractivity contribution in [3.8, 4) is 17.6 Å². The predicted octanol–water partition coefficient (Wildman–Crippen LogP) is 2.77. The number of pyridine rings is 1. The Morgan fingerprint density at radius 3 is 2.94 bits per heavy atom. The van der Waals surface area contributed by atoms with Crippen LogP contribution in [0, 0.1) is 11.8 Å². The van der Waals surface area contributed by atoms with Gasteiger partial charge in [0.15, 0.2) is 0 Å². The van der Waals surface area contributed by atoms with E-state index in [1.807, 2.05) is 6.07 Å². The Labute approximate surface area is 109 Å². The molecule has 1 aromatic heterocycles. The first-order chi connectivity index (χ1) is 8.86. The lowest BCUT2D eigenvalue weighted by Gasteiger charge is -2.05. The van der Waals surface area contributed by atoms with Gasteiger partial charge in [0.05, 0.1) is 19.4 Å². The Kier molecular flexibility index (Phi) is 7.66. The fourth-order valence-electron chi connectivity index (χ4n) is 1.51. The highest BCUT2D eigenvalue weighted by molar-refractivity contribution is 5.36. The minimum Gasteiger partial charge on any atom is -0.492 e. The zero-order valence-electron chi connectivity index (χ0n) is 11.0. The van der Waals surface area contributed by atoms with Crippen LogP contribution in [0.5, 0.6) is 5.75 Å². The number of ether oxygens (including phenoxy) is 1. The van der Waals surface area contributed by atoms with E-state index in [0.717, 1.165) is 24.3 Å². The van der Waals surface area contributed by atoms with Gasteiger partial charge in [-0.25, -0.2) is 0 Å². The lowest BCUT2D eigenvalue weighted by molar-refractivity contribution is 0.304. The molecule has 0 amide bonds. The number of aliphatic hydroxyl groups excluding tert-OH is 1. The molecule has 0 aromatic carbocycles. The van der Waals surface area contributed by atoms with Gasteiger partial charge < -0.3 is 9.84 Å². The van der Waals surface area contributed by atoms with Gasteiger partial charge in [-0.3, -0.25) is 4.98 Å². The molecule has 0 saturated heterocycles. The van der Waals surface area contributed by atoms with Crippen LogP contribution in [0.4, 0.5) is 0 Å². The second-order valence-electron chi connectivity index (χ2n) is 4.09. The lowest BCUT2D eigenvalue weighted by Crippen LogP contribution is -1.98. The monoisotopic (exact) mass is 247 g/mol. The molecule has 1 rings (SSSR count). The van der Waals surface area contributed by atoms with Crippen LogP contribution in [-0.2, 0) is 0 Å². The Morgan fingerprint density at radius 2 is 2.17 bits per heavy atom. The van der Waals surface area contributed by atoms with Crippen molar-refractivity contribution in [2.75, 3.05) is 13.2 Å². The van der Waals surface area contributed by atoms with Crippen LogP contribution in [0.1, 0.15) is 44.6 Å². The molecule has 0 aliphatic rings. The topological polar surface area (TPSA) is 42.4 Å². The molecule has 0 aliphatic heterocycles. The molecule has 0 atom stereocenters. The summed E-state index contributed by atoms with van der Waals surface area (Å²) in [5.41, 5.74) is 0.828. The summed E-state index contributed by atoms with van der Waals surface area (Å²) in [6.45, 7) is 3.02. The SMILES string of the molecule is CCCCCCOc1cncc(C#CCCO)c1. The second-order valence-corrected chi connectivity index (χ2v) is 4.09. The van der Waals surface area contributed by atoms with Crippen molar-refractivity contribution in [1.29, 1.82) is 0 Å². The standard InChI is InChI=1S/C15H21NO2/c1-2-3-4-7-10-18-15-11-14(12-16-13-15)8-5-6-9-17/h11-13,17H,2-4,6-7,9-10H2,1H3. The summed E-state index contributed by atoms with van der Waals surface area (Å²) in [4.78, 5) is 4.09. The zero-order chi connectivity index (χ0) is 13.1. The van der Waals surface area contributed by atoms with Gasteiger partial charge in [0, 0.05) is 18.2 Å². The van der Waals surface area contributed by atoms with E-state index in [1.54, 1.807) is 12.4 Å². The van der Waals surface area contributed by atoms with Gasteiger partial charge in [-0.1, -0.05) is 38.0 Å². The van der Waals surface area contributed by atoms with Crippen LogP contribution < -0.4 is 4.74 Å². The van der Waals surface area contributed by atoms with Gasteiger partial charge in [0.2, 0.25) is 0 Å². The number of aromatic nitrogens is 1. The predicted molar refractivity (Wildman–Crippen MR) is 72.5 cm³/mol. The average molecular weight is 247 g/mol. The van der Waals surface area contributed by atoms with E-state index >= 15 is 0 Å². The van der Waals surface area contributed by atoms with Crippen molar-refractivity contribution in [3.63, 3.8) is 0 Å². The molecule has 18 heavy (non-hydrogen) atoms. The first-order valence-electron chi connectivity index (χ1n) is 6.54. The molecule has 0 aliphatic carbocycles. The van der Waals surface area contributed by atoms with Crippen molar-refractivity contribution >= 4 is 0 Å². The maximum Gasteiger partial charge on any atom is 0.138 e. The first-order valence-corrected chi connectivity index (χ1v) is 6.54. The third-order valence-corrected chi connectivity index (χ3v) is 2.45. The molecule has 1 aromatic rings. The molecule has 3 heteroatoms. The third-order valence-electron chi connectivity index (χ3n) is 2.45. The molecule has 1 N–H and O–H groups in total. The van der Waals surface area contributed by atoms with E-state index in [2.05, 4.69) is 23.7 Å². The Morgan fingerprint density at radius 1 is 1.28 bits per heavy atom. The molecule has 0 unspecified atom stereocenters. The Bertz CT molecular complexity index is 393. The quantitative estimate of drug-likeness (QED) is 0.595. The Hall–Kier alpha value is -1.53. The normalized spacial score (nSPS) is 9.67. The fourth-order valence-corrected chi connectivity index (χ4v) is 1.51. The molecule has 0 fully saturated rings. The molecule has 98 valence electrons. The van der Waals surface area contributed by atoms with Crippen molar-refractivity contribution in [1.82, 2.24) is 4.98 Å². The minimum atomic E-state index is 0.0913. The van der Waals surface area contributed by atoms with E-state index in [9.17, 15) is 0 Å². The summed E-state index contributed by atoms with van der Waals surface area (Å²) < 4.78 is 5.62. The van der Waals surface area contributed by atoms with Crippen LogP contribution in [0.2, 0.25) is 0 Å². The van der Waals surface area contributed by atoms with E-state index in [1.165, 1.54) is 19.3 Å². The number of rotatable bonds is 7.